The van der Waals surface area contributed by atoms with Crippen molar-refractivity contribution < 1.29 is 19.4 Å². The van der Waals surface area contributed by atoms with Gasteiger partial charge in [0.2, 0.25) is 5.79 Å². The minimum Gasteiger partial charge on any atom is -0.544 e. The molecule has 0 amide bonds. The molecular weight excluding hydrogens is 276 g/mol. The summed E-state index contributed by atoms with van der Waals surface area (Å²) >= 11 is 3.31. The molecule has 0 aromatic heterocycles. The molecule has 5 heteroatoms. The lowest BCUT2D eigenvalue weighted by Gasteiger charge is -2.28. The van der Waals surface area contributed by atoms with Crippen LogP contribution in [0.4, 0.5) is 0 Å². The highest BCUT2D eigenvalue weighted by Gasteiger charge is 2.40. The van der Waals surface area contributed by atoms with Crippen molar-refractivity contribution in [2.45, 2.75) is 11.1 Å². The van der Waals surface area contributed by atoms with Gasteiger partial charge in [-0.05, 0) is 11.6 Å². The van der Waals surface area contributed by atoms with Crippen LogP contribution in [-0.2, 0) is 25.4 Å². The highest BCUT2D eigenvalue weighted by atomic mass is 79.9. The minimum atomic E-state index is -1.74. The van der Waals surface area contributed by atoms with E-state index in [9.17, 15) is 9.90 Å². The molecule has 0 N–H and O–H groups in total. The SMILES string of the molecule is O=C([O-])C1(c2cccc(CBr)c2)OCCO1. The lowest BCUT2D eigenvalue weighted by molar-refractivity contribution is -0.347. The summed E-state index contributed by atoms with van der Waals surface area (Å²) in [6.07, 6.45) is 0. The van der Waals surface area contributed by atoms with E-state index in [0.717, 1.165) is 5.56 Å². The van der Waals surface area contributed by atoms with Crippen molar-refractivity contribution in [3.63, 3.8) is 0 Å². The Hall–Kier alpha value is -0.910. The van der Waals surface area contributed by atoms with Crippen molar-refractivity contribution in [1.29, 1.82) is 0 Å². The van der Waals surface area contributed by atoms with Crippen LogP contribution >= 0.6 is 15.9 Å². The molecule has 0 bridgehead atoms. The van der Waals surface area contributed by atoms with Gasteiger partial charge in [-0.1, -0.05) is 34.1 Å². The number of carboxylic acid groups (broad SMARTS) is 1. The maximum Gasteiger partial charge on any atom is 0.237 e. The third kappa shape index (κ3) is 1.86. The predicted octanol–water partition coefficient (Wildman–Crippen LogP) is 0.531. The van der Waals surface area contributed by atoms with E-state index in [1.165, 1.54) is 0 Å². The van der Waals surface area contributed by atoms with Gasteiger partial charge in [0.05, 0.1) is 13.2 Å². The molecule has 1 saturated heterocycles. The standard InChI is InChI=1S/C11H11BrO4/c12-7-8-2-1-3-9(6-8)11(10(13)14)15-4-5-16-11/h1-3,6H,4-5,7H2,(H,13,14)/p-1. The van der Waals surface area contributed by atoms with Crippen LogP contribution in [0.3, 0.4) is 0 Å². The van der Waals surface area contributed by atoms with Gasteiger partial charge in [-0.25, -0.2) is 0 Å². The Kier molecular flexibility index (Phi) is 3.28. The molecule has 1 aromatic rings. The quantitative estimate of drug-likeness (QED) is 0.761. The van der Waals surface area contributed by atoms with Gasteiger partial charge >= 0.3 is 0 Å². The molecule has 16 heavy (non-hydrogen) atoms. The number of carbonyl (C=O) groups excluding carboxylic acids is 1. The maximum atomic E-state index is 11.2. The molecule has 0 saturated carbocycles. The summed E-state index contributed by atoms with van der Waals surface area (Å²) in [4.78, 5) is 11.2. The van der Waals surface area contributed by atoms with Gasteiger partial charge in [-0.2, -0.15) is 0 Å². The summed E-state index contributed by atoms with van der Waals surface area (Å²) in [5, 5.41) is 11.8. The van der Waals surface area contributed by atoms with Crippen molar-refractivity contribution in [2.24, 2.45) is 0 Å². The number of ether oxygens (including phenoxy) is 2. The second-order valence-corrected chi connectivity index (χ2v) is 4.00. The fraction of sp³-hybridized carbons (Fsp3) is 0.364. The molecule has 0 aliphatic carbocycles. The average Bonchev–Trinajstić information content (AvgIpc) is 2.79. The number of rotatable bonds is 3. The molecule has 1 heterocycles. The van der Waals surface area contributed by atoms with Crippen molar-refractivity contribution >= 4 is 21.9 Å². The third-order valence-corrected chi connectivity index (χ3v) is 3.07. The van der Waals surface area contributed by atoms with Crippen LogP contribution in [-0.4, -0.2) is 19.2 Å². The summed E-state index contributed by atoms with van der Waals surface area (Å²) < 4.78 is 10.4. The first-order valence-corrected chi connectivity index (χ1v) is 5.96. The molecule has 0 spiro atoms. The third-order valence-electron chi connectivity index (χ3n) is 2.42. The van der Waals surface area contributed by atoms with E-state index in [1.807, 2.05) is 6.07 Å². The number of alkyl halides is 1. The van der Waals surface area contributed by atoms with Crippen LogP contribution in [0.1, 0.15) is 11.1 Å². The van der Waals surface area contributed by atoms with Crippen LogP contribution in [0.15, 0.2) is 24.3 Å². The molecule has 1 aliphatic heterocycles. The van der Waals surface area contributed by atoms with E-state index in [2.05, 4.69) is 15.9 Å². The summed E-state index contributed by atoms with van der Waals surface area (Å²) in [6.45, 7) is 0.513. The van der Waals surface area contributed by atoms with Crippen LogP contribution in [0.25, 0.3) is 0 Å². The smallest absolute Gasteiger partial charge is 0.237 e. The number of benzene rings is 1. The zero-order valence-electron chi connectivity index (χ0n) is 8.44. The summed E-state index contributed by atoms with van der Waals surface area (Å²) in [5.41, 5.74) is 1.42. The maximum absolute atomic E-state index is 11.2. The molecule has 4 nitrogen and oxygen atoms in total. The van der Waals surface area contributed by atoms with E-state index in [-0.39, 0.29) is 13.2 Å². The number of aliphatic carboxylic acids is 1. The highest BCUT2D eigenvalue weighted by molar-refractivity contribution is 9.08. The second-order valence-electron chi connectivity index (χ2n) is 3.43. The number of carboxylic acids is 1. The Bertz CT molecular complexity index is 399. The number of hydrogen-bond donors (Lipinski definition) is 0. The molecule has 86 valence electrons. The summed E-state index contributed by atoms with van der Waals surface area (Å²) in [6, 6.07) is 7.04. The first kappa shape index (κ1) is 11.6. The van der Waals surface area contributed by atoms with Gasteiger partial charge in [-0.3, -0.25) is 0 Å². The molecule has 0 atom stereocenters. The molecule has 2 rings (SSSR count). The van der Waals surface area contributed by atoms with Gasteiger partial charge in [-0.15, -0.1) is 0 Å². The lowest BCUT2D eigenvalue weighted by Crippen LogP contribution is -2.46. The molecule has 0 unspecified atom stereocenters. The summed E-state index contributed by atoms with van der Waals surface area (Å²) in [7, 11) is 0. The van der Waals surface area contributed by atoms with E-state index in [4.69, 9.17) is 9.47 Å². The van der Waals surface area contributed by atoms with Crippen molar-refractivity contribution in [2.75, 3.05) is 13.2 Å². The Labute approximate surface area is 101 Å². The van der Waals surface area contributed by atoms with Gasteiger partial charge in [0.25, 0.3) is 0 Å². The number of halogens is 1. The van der Waals surface area contributed by atoms with Gasteiger partial charge < -0.3 is 19.4 Å². The van der Waals surface area contributed by atoms with Crippen molar-refractivity contribution in [3.05, 3.63) is 35.4 Å². The van der Waals surface area contributed by atoms with Crippen LogP contribution in [0.2, 0.25) is 0 Å². The Balaban J connectivity index is 2.43. The Morgan fingerprint density at radius 1 is 1.44 bits per heavy atom. The van der Waals surface area contributed by atoms with Crippen LogP contribution < -0.4 is 5.11 Å². The van der Waals surface area contributed by atoms with E-state index >= 15 is 0 Å². The first-order chi connectivity index (χ1) is 7.69. The summed E-state index contributed by atoms with van der Waals surface area (Å²) in [5.74, 6) is -3.10. The number of hydrogen-bond acceptors (Lipinski definition) is 4. The molecule has 1 aliphatic rings. The van der Waals surface area contributed by atoms with E-state index in [0.29, 0.717) is 10.9 Å². The van der Waals surface area contributed by atoms with Gasteiger partial charge in [0.1, 0.15) is 5.97 Å². The topological polar surface area (TPSA) is 58.6 Å². The van der Waals surface area contributed by atoms with Crippen molar-refractivity contribution in [3.8, 4) is 0 Å². The van der Waals surface area contributed by atoms with Crippen LogP contribution in [0, 0.1) is 0 Å². The number of carbonyl (C=O) groups is 1. The molecular formula is C11H10BrO4-. The Morgan fingerprint density at radius 3 is 2.69 bits per heavy atom. The van der Waals surface area contributed by atoms with Gasteiger partial charge in [0.15, 0.2) is 0 Å². The first-order valence-electron chi connectivity index (χ1n) is 4.84. The zero-order chi connectivity index (χ0) is 11.6. The fourth-order valence-electron chi connectivity index (χ4n) is 1.67. The lowest BCUT2D eigenvalue weighted by atomic mass is 10.0. The Morgan fingerprint density at radius 2 is 2.12 bits per heavy atom. The fourth-order valence-corrected chi connectivity index (χ4v) is 2.02. The minimum absolute atomic E-state index is 0.256. The normalized spacial score (nSPS) is 18.6. The van der Waals surface area contributed by atoms with Gasteiger partial charge in [0, 0.05) is 10.9 Å². The van der Waals surface area contributed by atoms with E-state index in [1.54, 1.807) is 18.2 Å². The average molecular weight is 286 g/mol. The largest absolute Gasteiger partial charge is 0.544 e. The van der Waals surface area contributed by atoms with Crippen LogP contribution in [0.5, 0.6) is 0 Å². The monoisotopic (exact) mass is 285 g/mol. The molecule has 0 radical (unpaired) electrons. The van der Waals surface area contributed by atoms with E-state index < -0.39 is 11.8 Å². The molecule has 1 aromatic carbocycles. The highest BCUT2D eigenvalue weighted by Crippen LogP contribution is 2.31. The zero-order valence-corrected chi connectivity index (χ0v) is 10.0. The predicted molar refractivity (Wildman–Crippen MR) is 57.7 cm³/mol. The molecule has 1 fully saturated rings. The second kappa shape index (κ2) is 4.53. The van der Waals surface area contributed by atoms with Crippen molar-refractivity contribution in [1.82, 2.24) is 0 Å².